The van der Waals surface area contributed by atoms with Crippen molar-refractivity contribution in [3.63, 3.8) is 0 Å². The Balaban J connectivity index is 1.23. The second-order valence-electron chi connectivity index (χ2n) is 8.21. The Labute approximate surface area is 173 Å². The van der Waals surface area contributed by atoms with E-state index in [9.17, 15) is 9.59 Å². The summed E-state index contributed by atoms with van der Waals surface area (Å²) in [6.45, 7) is 6.60. The number of ether oxygens (including phenoxy) is 1. The normalized spacial score (nSPS) is 23.3. The van der Waals surface area contributed by atoms with Crippen LogP contribution in [0.5, 0.6) is 5.75 Å². The van der Waals surface area contributed by atoms with Crippen LogP contribution in [0.25, 0.3) is 0 Å². The van der Waals surface area contributed by atoms with Gasteiger partial charge in [-0.2, -0.15) is 0 Å². The summed E-state index contributed by atoms with van der Waals surface area (Å²) in [4.78, 5) is 33.6. The van der Waals surface area contributed by atoms with Crippen molar-refractivity contribution in [2.75, 3.05) is 64.4 Å². The number of nitrogens with zero attached hydrogens (tertiary/aromatic N) is 4. The Hall–Kier alpha value is -2.28. The van der Waals surface area contributed by atoms with Crippen LogP contribution in [0, 0.1) is 0 Å². The van der Waals surface area contributed by atoms with Crippen molar-refractivity contribution < 1.29 is 14.3 Å². The maximum absolute atomic E-state index is 12.7. The quantitative estimate of drug-likeness (QED) is 0.723. The molecule has 3 fully saturated rings. The van der Waals surface area contributed by atoms with Gasteiger partial charge in [-0.3, -0.25) is 14.5 Å². The van der Waals surface area contributed by atoms with Crippen molar-refractivity contribution >= 4 is 17.5 Å². The number of hydrogen-bond acceptors (Lipinski definition) is 5. The molecule has 0 aromatic heterocycles. The van der Waals surface area contributed by atoms with Gasteiger partial charge < -0.3 is 19.4 Å². The average Bonchev–Trinajstić information content (AvgIpc) is 2.77. The van der Waals surface area contributed by atoms with Crippen molar-refractivity contribution in [3.8, 4) is 5.75 Å². The van der Waals surface area contributed by atoms with Crippen LogP contribution in [0.1, 0.15) is 25.7 Å². The van der Waals surface area contributed by atoms with Gasteiger partial charge in [-0.25, -0.2) is 0 Å². The molecule has 0 radical (unpaired) electrons. The highest BCUT2D eigenvalue weighted by Crippen LogP contribution is 2.28. The fraction of sp³-hybridized carbons (Fsp3) is 0.636. The molecule has 3 aliphatic rings. The summed E-state index contributed by atoms with van der Waals surface area (Å²) < 4.78 is 5.49. The van der Waals surface area contributed by atoms with Crippen LogP contribution in [-0.2, 0) is 9.59 Å². The minimum atomic E-state index is -0.200. The van der Waals surface area contributed by atoms with Gasteiger partial charge in [0, 0.05) is 39.3 Å². The molecule has 0 saturated carbocycles. The molecule has 2 amide bonds. The van der Waals surface area contributed by atoms with Gasteiger partial charge in [0.05, 0.1) is 19.3 Å². The molecule has 3 saturated heterocycles. The molecule has 1 aromatic carbocycles. The lowest BCUT2D eigenvalue weighted by atomic mass is 9.98. The number of para-hydroxylation sites is 2. The topological polar surface area (TPSA) is 56.3 Å². The number of carbonyl (C=O) groups excluding carboxylic acids is 2. The van der Waals surface area contributed by atoms with Gasteiger partial charge in [0.2, 0.25) is 11.8 Å². The Bertz CT molecular complexity index is 733. The Kier molecular flexibility index (Phi) is 6.23. The summed E-state index contributed by atoms with van der Waals surface area (Å²) in [6.07, 6.45) is 3.81. The fourth-order valence-corrected chi connectivity index (χ4v) is 4.81. The number of methoxy groups -OCH3 is 1. The van der Waals surface area contributed by atoms with E-state index in [4.69, 9.17) is 4.74 Å². The van der Waals surface area contributed by atoms with Crippen LogP contribution in [0.2, 0.25) is 0 Å². The molecule has 1 unspecified atom stereocenters. The van der Waals surface area contributed by atoms with Crippen molar-refractivity contribution in [2.45, 2.75) is 31.7 Å². The van der Waals surface area contributed by atoms with E-state index >= 15 is 0 Å². The van der Waals surface area contributed by atoms with Crippen molar-refractivity contribution in [3.05, 3.63) is 24.3 Å². The highest BCUT2D eigenvalue weighted by molar-refractivity contribution is 5.95. The molecule has 158 valence electrons. The van der Waals surface area contributed by atoms with Crippen LogP contribution in [0.3, 0.4) is 0 Å². The molecule has 0 N–H and O–H groups in total. The number of fused-ring (bicyclic) bond motifs is 1. The van der Waals surface area contributed by atoms with Gasteiger partial charge in [0.1, 0.15) is 11.8 Å². The molecular weight excluding hydrogens is 368 g/mol. The fourth-order valence-electron chi connectivity index (χ4n) is 4.81. The Morgan fingerprint density at radius 1 is 1.00 bits per heavy atom. The van der Waals surface area contributed by atoms with Gasteiger partial charge in [0.25, 0.3) is 0 Å². The first-order chi connectivity index (χ1) is 14.2. The number of piperazine rings is 2. The average molecular weight is 401 g/mol. The first kappa shape index (κ1) is 20.0. The van der Waals surface area contributed by atoms with E-state index < -0.39 is 0 Å². The van der Waals surface area contributed by atoms with E-state index in [2.05, 4.69) is 21.9 Å². The number of piperidine rings is 1. The molecule has 1 aromatic rings. The highest BCUT2D eigenvalue weighted by atomic mass is 16.5. The predicted molar refractivity (Wildman–Crippen MR) is 112 cm³/mol. The van der Waals surface area contributed by atoms with E-state index in [0.29, 0.717) is 6.54 Å². The van der Waals surface area contributed by atoms with E-state index in [1.807, 2.05) is 12.1 Å². The number of hydrogen-bond donors (Lipinski definition) is 0. The molecule has 4 rings (SSSR count). The number of benzene rings is 1. The molecule has 0 aliphatic carbocycles. The van der Waals surface area contributed by atoms with Crippen LogP contribution in [-0.4, -0.2) is 92.0 Å². The maximum Gasteiger partial charge on any atom is 0.245 e. The summed E-state index contributed by atoms with van der Waals surface area (Å²) in [5.41, 5.74) is 1.16. The van der Waals surface area contributed by atoms with Crippen LogP contribution < -0.4 is 9.64 Å². The van der Waals surface area contributed by atoms with Crippen LogP contribution in [0.15, 0.2) is 24.3 Å². The summed E-state index contributed by atoms with van der Waals surface area (Å²) in [5.74, 6) is 1.20. The molecule has 7 heteroatoms. The minimum Gasteiger partial charge on any atom is -0.495 e. The number of amides is 2. The minimum absolute atomic E-state index is 0.125. The molecule has 3 heterocycles. The smallest absolute Gasteiger partial charge is 0.245 e. The first-order valence-corrected chi connectivity index (χ1v) is 10.9. The molecule has 3 aliphatic heterocycles. The first-order valence-electron chi connectivity index (χ1n) is 10.9. The van der Waals surface area contributed by atoms with Crippen molar-refractivity contribution in [1.82, 2.24) is 14.7 Å². The zero-order chi connectivity index (χ0) is 20.2. The second kappa shape index (κ2) is 9.03. The second-order valence-corrected chi connectivity index (χ2v) is 8.21. The predicted octanol–water partition coefficient (Wildman–Crippen LogP) is 1.43. The number of rotatable bonds is 6. The third-order valence-corrected chi connectivity index (χ3v) is 6.45. The maximum atomic E-state index is 12.7. The van der Waals surface area contributed by atoms with E-state index in [-0.39, 0.29) is 24.4 Å². The molecule has 0 bridgehead atoms. The van der Waals surface area contributed by atoms with Crippen LogP contribution >= 0.6 is 0 Å². The lowest BCUT2D eigenvalue weighted by Gasteiger charge is -2.43. The Morgan fingerprint density at radius 3 is 2.59 bits per heavy atom. The lowest BCUT2D eigenvalue weighted by Crippen LogP contribution is -2.61. The monoisotopic (exact) mass is 400 g/mol. The summed E-state index contributed by atoms with van der Waals surface area (Å²) in [7, 11) is 1.72. The summed E-state index contributed by atoms with van der Waals surface area (Å²) in [6, 6.07) is 7.97. The summed E-state index contributed by atoms with van der Waals surface area (Å²) >= 11 is 0. The van der Waals surface area contributed by atoms with Gasteiger partial charge in [0.15, 0.2) is 0 Å². The summed E-state index contributed by atoms with van der Waals surface area (Å²) in [5, 5.41) is 0. The SMILES string of the molecule is COc1ccccc1N1CCN(CCCN2CC(=O)N3CCCCC3C2=O)CC1. The number of anilines is 1. The van der Waals surface area contributed by atoms with E-state index in [0.717, 1.165) is 76.4 Å². The van der Waals surface area contributed by atoms with Crippen molar-refractivity contribution in [1.29, 1.82) is 0 Å². The zero-order valence-electron chi connectivity index (χ0n) is 17.4. The molecule has 0 spiro atoms. The largest absolute Gasteiger partial charge is 0.495 e. The van der Waals surface area contributed by atoms with Gasteiger partial charge >= 0.3 is 0 Å². The lowest BCUT2D eigenvalue weighted by molar-refractivity contribution is -0.157. The third-order valence-electron chi connectivity index (χ3n) is 6.45. The standard InChI is InChI=1S/C22H32N4O3/c1-29-20-9-3-2-7-18(20)24-15-13-23(14-16-24)10-6-11-25-17-21(27)26-12-5-4-8-19(26)22(25)28/h2-3,7,9,19H,4-6,8,10-17H2,1H3. The van der Waals surface area contributed by atoms with Gasteiger partial charge in [-0.15, -0.1) is 0 Å². The van der Waals surface area contributed by atoms with Gasteiger partial charge in [-0.05, 0) is 44.4 Å². The highest BCUT2D eigenvalue weighted by Gasteiger charge is 2.40. The molecular formula is C22H32N4O3. The molecule has 1 atom stereocenters. The van der Waals surface area contributed by atoms with E-state index in [1.54, 1.807) is 16.9 Å². The number of carbonyl (C=O) groups is 2. The van der Waals surface area contributed by atoms with Gasteiger partial charge in [-0.1, -0.05) is 12.1 Å². The Morgan fingerprint density at radius 2 is 1.79 bits per heavy atom. The van der Waals surface area contributed by atoms with E-state index in [1.165, 1.54) is 0 Å². The third kappa shape index (κ3) is 4.34. The van der Waals surface area contributed by atoms with Crippen LogP contribution in [0.4, 0.5) is 5.69 Å². The molecule has 7 nitrogen and oxygen atoms in total. The molecule has 29 heavy (non-hydrogen) atoms. The van der Waals surface area contributed by atoms with Crippen molar-refractivity contribution in [2.24, 2.45) is 0 Å². The zero-order valence-corrected chi connectivity index (χ0v) is 17.4.